The number of anilines is 1. The molecule has 112 valence electrons. The van der Waals surface area contributed by atoms with Crippen molar-refractivity contribution in [2.24, 2.45) is 0 Å². The van der Waals surface area contributed by atoms with Crippen LogP contribution in [0.1, 0.15) is 32.5 Å². The Balaban J connectivity index is 1.95. The molecule has 1 atom stereocenters. The first-order chi connectivity index (χ1) is 10.0. The van der Waals surface area contributed by atoms with Crippen molar-refractivity contribution in [3.05, 3.63) is 17.3 Å². The quantitative estimate of drug-likeness (QED) is 0.943. The molecule has 3 heterocycles. The molecular formula is C15H20N4OS. The predicted octanol–water partition coefficient (Wildman–Crippen LogP) is 2.49. The van der Waals surface area contributed by atoms with E-state index in [0.717, 1.165) is 34.8 Å². The molecule has 6 heteroatoms. The molecule has 0 spiro atoms. The Bertz CT molecular complexity index is 667. The SMILES string of the molecule is Cc1nc(N(C[C@H]2CCC(=O)N2)C(C)C)c2ccsc2n1. The summed E-state index contributed by atoms with van der Waals surface area (Å²) in [4.78, 5) is 23.9. The Morgan fingerprint density at radius 2 is 2.29 bits per heavy atom. The van der Waals surface area contributed by atoms with Crippen molar-refractivity contribution in [2.75, 3.05) is 11.4 Å². The van der Waals surface area contributed by atoms with E-state index in [1.807, 2.05) is 6.92 Å². The summed E-state index contributed by atoms with van der Waals surface area (Å²) in [6.45, 7) is 7.04. The standard InChI is InChI=1S/C15H20N4OS/c1-9(2)19(8-11-4-5-13(20)18-11)14-12-6-7-21-15(12)17-10(3)16-14/h6-7,9,11H,4-5,8H2,1-3H3,(H,18,20)/t11-/m1/s1. The van der Waals surface area contributed by atoms with Gasteiger partial charge in [-0.25, -0.2) is 9.97 Å². The molecule has 3 rings (SSSR count). The Morgan fingerprint density at radius 3 is 2.95 bits per heavy atom. The number of thiophene rings is 1. The van der Waals surface area contributed by atoms with Gasteiger partial charge in [-0.05, 0) is 38.6 Å². The van der Waals surface area contributed by atoms with Gasteiger partial charge in [-0.1, -0.05) is 0 Å². The molecule has 5 nitrogen and oxygen atoms in total. The van der Waals surface area contributed by atoms with Crippen LogP contribution in [0, 0.1) is 6.92 Å². The average Bonchev–Trinajstić information content (AvgIpc) is 3.03. The number of nitrogens with zero attached hydrogens (tertiary/aromatic N) is 3. The predicted molar refractivity (Wildman–Crippen MR) is 85.8 cm³/mol. The van der Waals surface area contributed by atoms with Crippen LogP contribution in [0.3, 0.4) is 0 Å². The maximum atomic E-state index is 11.4. The summed E-state index contributed by atoms with van der Waals surface area (Å²) in [6, 6.07) is 2.61. The van der Waals surface area contributed by atoms with E-state index in [2.05, 4.69) is 45.5 Å². The molecule has 0 unspecified atom stereocenters. The van der Waals surface area contributed by atoms with Crippen LogP contribution in [0.2, 0.25) is 0 Å². The summed E-state index contributed by atoms with van der Waals surface area (Å²) < 4.78 is 0. The van der Waals surface area contributed by atoms with Crippen molar-refractivity contribution in [1.29, 1.82) is 0 Å². The van der Waals surface area contributed by atoms with Gasteiger partial charge in [-0.2, -0.15) is 0 Å². The Kier molecular flexibility index (Phi) is 3.80. The second-order valence-electron chi connectivity index (χ2n) is 5.78. The van der Waals surface area contributed by atoms with Gasteiger partial charge in [0.05, 0.1) is 5.39 Å². The van der Waals surface area contributed by atoms with Crippen LogP contribution in [0.25, 0.3) is 10.2 Å². The van der Waals surface area contributed by atoms with Crippen molar-refractivity contribution in [2.45, 2.75) is 45.7 Å². The van der Waals surface area contributed by atoms with E-state index in [1.165, 1.54) is 0 Å². The Morgan fingerprint density at radius 1 is 1.48 bits per heavy atom. The molecule has 2 aromatic rings. The highest BCUT2D eigenvalue weighted by molar-refractivity contribution is 7.16. The fraction of sp³-hybridized carbons (Fsp3) is 0.533. The minimum Gasteiger partial charge on any atom is -0.352 e. The van der Waals surface area contributed by atoms with Crippen LogP contribution < -0.4 is 10.2 Å². The second kappa shape index (κ2) is 5.60. The first kappa shape index (κ1) is 14.3. The Hall–Kier alpha value is -1.69. The third-order valence-electron chi connectivity index (χ3n) is 3.81. The maximum Gasteiger partial charge on any atom is 0.220 e. The van der Waals surface area contributed by atoms with E-state index in [0.29, 0.717) is 12.5 Å². The normalized spacial score (nSPS) is 18.5. The highest BCUT2D eigenvalue weighted by atomic mass is 32.1. The minimum absolute atomic E-state index is 0.156. The molecular weight excluding hydrogens is 284 g/mol. The summed E-state index contributed by atoms with van der Waals surface area (Å²) in [5, 5.41) is 6.20. The summed E-state index contributed by atoms with van der Waals surface area (Å²) in [5.41, 5.74) is 0. The summed E-state index contributed by atoms with van der Waals surface area (Å²) in [7, 11) is 0. The summed E-state index contributed by atoms with van der Waals surface area (Å²) in [5.74, 6) is 1.93. The van der Waals surface area contributed by atoms with Crippen LogP contribution in [-0.2, 0) is 4.79 Å². The fourth-order valence-electron chi connectivity index (χ4n) is 2.76. The van der Waals surface area contributed by atoms with Crippen molar-refractivity contribution in [3.8, 4) is 0 Å². The number of aromatic nitrogens is 2. The molecule has 0 radical (unpaired) electrons. The number of carbonyl (C=O) groups excluding carboxylic acids is 1. The van der Waals surface area contributed by atoms with Gasteiger partial charge in [0, 0.05) is 25.0 Å². The third-order valence-corrected chi connectivity index (χ3v) is 4.62. The van der Waals surface area contributed by atoms with Gasteiger partial charge in [0.2, 0.25) is 5.91 Å². The van der Waals surface area contributed by atoms with Gasteiger partial charge >= 0.3 is 0 Å². The maximum absolute atomic E-state index is 11.4. The van der Waals surface area contributed by atoms with Crippen molar-refractivity contribution in [3.63, 3.8) is 0 Å². The van der Waals surface area contributed by atoms with Crippen molar-refractivity contribution in [1.82, 2.24) is 15.3 Å². The van der Waals surface area contributed by atoms with Crippen LogP contribution in [-0.4, -0.2) is 34.5 Å². The Labute approximate surface area is 128 Å². The van der Waals surface area contributed by atoms with E-state index in [9.17, 15) is 4.79 Å². The number of hydrogen-bond donors (Lipinski definition) is 1. The summed E-state index contributed by atoms with van der Waals surface area (Å²) in [6.07, 6.45) is 1.53. The molecule has 0 bridgehead atoms. The lowest BCUT2D eigenvalue weighted by Gasteiger charge is -2.31. The topological polar surface area (TPSA) is 58.1 Å². The molecule has 0 saturated carbocycles. The van der Waals surface area contributed by atoms with E-state index in [4.69, 9.17) is 0 Å². The van der Waals surface area contributed by atoms with Crippen LogP contribution in [0.15, 0.2) is 11.4 Å². The largest absolute Gasteiger partial charge is 0.352 e. The number of hydrogen-bond acceptors (Lipinski definition) is 5. The van der Waals surface area contributed by atoms with Crippen LogP contribution in [0.4, 0.5) is 5.82 Å². The lowest BCUT2D eigenvalue weighted by Crippen LogP contribution is -2.42. The van der Waals surface area contributed by atoms with Gasteiger partial charge in [0.1, 0.15) is 16.5 Å². The molecule has 1 amide bonds. The highest BCUT2D eigenvalue weighted by Crippen LogP contribution is 2.29. The van der Waals surface area contributed by atoms with Gasteiger partial charge in [-0.3, -0.25) is 4.79 Å². The third kappa shape index (κ3) is 2.85. The van der Waals surface area contributed by atoms with Crippen LogP contribution >= 0.6 is 11.3 Å². The van der Waals surface area contributed by atoms with Gasteiger partial charge in [0.25, 0.3) is 0 Å². The molecule has 1 N–H and O–H groups in total. The molecule has 1 fully saturated rings. The average molecular weight is 304 g/mol. The molecule has 2 aromatic heterocycles. The lowest BCUT2D eigenvalue weighted by molar-refractivity contribution is -0.119. The number of aryl methyl sites for hydroxylation is 1. The molecule has 1 saturated heterocycles. The number of nitrogens with one attached hydrogen (secondary N) is 1. The minimum atomic E-state index is 0.156. The zero-order valence-electron chi connectivity index (χ0n) is 12.6. The zero-order valence-corrected chi connectivity index (χ0v) is 13.4. The number of amides is 1. The molecule has 0 aromatic carbocycles. The number of fused-ring (bicyclic) bond motifs is 1. The van der Waals surface area contributed by atoms with E-state index in [-0.39, 0.29) is 11.9 Å². The van der Waals surface area contributed by atoms with E-state index in [1.54, 1.807) is 11.3 Å². The summed E-state index contributed by atoms with van der Waals surface area (Å²) >= 11 is 1.64. The number of rotatable bonds is 4. The van der Waals surface area contributed by atoms with Gasteiger partial charge in [-0.15, -0.1) is 11.3 Å². The second-order valence-corrected chi connectivity index (χ2v) is 6.68. The molecule has 21 heavy (non-hydrogen) atoms. The van der Waals surface area contributed by atoms with Crippen molar-refractivity contribution >= 4 is 33.3 Å². The smallest absolute Gasteiger partial charge is 0.220 e. The van der Waals surface area contributed by atoms with Gasteiger partial charge in [0.15, 0.2) is 0 Å². The molecule has 0 aliphatic carbocycles. The monoisotopic (exact) mass is 304 g/mol. The van der Waals surface area contributed by atoms with E-state index >= 15 is 0 Å². The first-order valence-corrected chi connectivity index (χ1v) is 8.20. The van der Waals surface area contributed by atoms with E-state index < -0.39 is 0 Å². The molecule has 1 aliphatic rings. The fourth-order valence-corrected chi connectivity index (χ4v) is 3.56. The van der Waals surface area contributed by atoms with Crippen molar-refractivity contribution < 1.29 is 4.79 Å². The lowest BCUT2D eigenvalue weighted by atomic mass is 10.2. The highest BCUT2D eigenvalue weighted by Gasteiger charge is 2.26. The van der Waals surface area contributed by atoms with Gasteiger partial charge < -0.3 is 10.2 Å². The first-order valence-electron chi connectivity index (χ1n) is 7.32. The number of carbonyl (C=O) groups is 1. The molecule has 1 aliphatic heterocycles. The van der Waals surface area contributed by atoms with Crippen LogP contribution in [0.5, 0.6) is 0 Å². The zero-order chi connectivity index (χ0) is 15.0.